The van der Waals surface area contributed by atoms with Crippen LogP contribution in [0.1, 0.15) is 42.6 Å². The van der Waals surface area contributed by atoms with E-state index in [0.29, 0.717) is 18.1 Å². The summed E-state index contributed by atoms with van der Waals surface area (Å²) >= 11 is 0. The lowest BCUT2D eigenvalue weighted by atomic mass is 10.00. The van der Waals surface area contributed by atoms with Crippen LogP contribution in [0.25, 0.3) is 0 Å². The van der Waals surface area contributed by atoms with Gasteiger partial charge in [-0.1, -0.05) is 20.4 Å². The zero-order chi connectivity index (χ0) is 12.1. The second-order valence-electron chi connectivity index (χ2n) is 4.32. The summed E-state index contributed by atoms with van der Waals surface area (Å²) in [6.07, 6.45) is 0.856. The van der Waals surface area contributed by atoms with Gasteiger partial charge in [-0.15, -0.1) is 0 Å². The van der Waals surface area contributed by atoms with Crippen molar-refractivity contribution >= 4 is 6.29 Å². The van der Waals surface area contributed by atoms with E-state index >= 15 is 0 Å². The summed E-state index contributed by atoms with van der Waals surface area (Å²) in [7, 11) is 0. The summed E-state index contributed by atoms with van der Waals surface area (Å²) in [4.78, 5) is 10.7. The van der Waals surface area contributed by atoms with Crippen molar-refractivity contribution in [2.75, 3.05) is 6.61 Å². The Kier molecular flexibility index (Phi) is 4.29. The van der Waals surface area contributed by atoms with Crippen molar-refractivity contribution < 1.29 is 9.53 Å². The average molecular weight is 218 g/mol. The van der Waals surface area contributed by atoms with Crippen LogP contribution in [0.15, 0.2) is 30.4 Å². The maximum absolute atomic E-state index is 10.7. The fraction of sp³-hybridized carbons (Fsp3) is 0.357. The highest BCUT2D eigenvalue weighted by molar-refractivity contribution is 5.75. The molecule has 0 N–H and O–H groups in total. The molecule has 1 aromatic rings. The van der Waals surface area contributed by atoms with E-state index in [-0.39, 0.29) is 0 Å². The minimum absolute atomic E-state index is 0.333. The number of rotatable bonds is 5. The molecule has 86 valence electrons. The number of carbonyl (C=O) groups excluding carboxylic acids is 1. The zero-order valence-electron chi connectivity index (χ0n) is 10.1. The van der Waals surface area contributed by atoms with E-state index in [4.69, 9.17) is 4.74 Å². The van der Waals surface area contributed by atoms with Gasteiger partial charge in [0.1, 0.15) is 18.6 Å². The van der Waals surface area contributed by atoms with Crippen LogP contribution in [0.5, 0.6) is 5.75 Å². The third-order valence-corrected chi connectivity index (χ3v) is 2.27. The molecule has 0 unspecified atom stereocenters. The average Bonchev–Trinajstić information content (AvgIpc) is 2.25. The van der Waals surface area contributed by atoms with Gasteiger partial charge < -0.3 is 4.74 Å². The number of ether oxygens (including phenoxy) is 1. The quantitative estimate of drug-likeness (QED) is 0.557. The molecule has 0 radical (unpaired) electrons. The summed E-state index contributed by atoms with van der Waals surface area (Å²) in [5.74, 6) is 1.17. The van der Waals surface area contributed by atoms with Gasteiger partial charge in [0.25, 0.3) is 0 Å². The molecular formula is C14H18O2. The number of benzene rings is 1. The molecule has 2 nitrogen and oxygen atoms in total. The molecule has 0 atom stereocenters. The van der Waals surface area contributed by atoms with Gasteiger partial charge in [0.15, 0.2) is 0 Å². The Labute approximate surface area is 96.9 Å². The van der Waals surface area contributed by atoms with Crippen molar-refractivity contribution in [3.63, 3.8) is 0 Å². The molecular weight excluding hydrogens is 200 g/mol. The predicted molar refractivity (Wildman–Crippen MR) is 66.2 cm³/mol. The molecule has 0 spiro atoms. The number of hydrogen-bond donors (Lipinski definition) is 0. The Balaban J connectivity index is 2.98. The van der Waals surface area contributed by atoms with Gasteiger partial charge in [-0.2, -0.15) is 0 Å². The molecule has 1 rings (SSSR count). The summed E-state index contributed by atoms with van der Waals surface area (Å²) in [6.45, 7) is 10.4. The van der Waals surface area contributed by atoms with Gasteiger partial charge in [-0.05, 0) is 42.2 Å². The Hall–Kier alpha value is -1.57. The monoisotopic (exact) mass is 218 g/mol. The maximum atomic E-state index is 10.7. The van der Waals surface area contributed by atoms with Gasteiger partial charge in [0.2, 0.25) is 0 Å². The summed E-state index contributed by atoms with van der Waals surface area (Å²) in [5.41, 5.74) is 2.73. The van der Waals surface area contributed by atoms with Gasteiger partial charge >= 0.3 is 0 Å². The molecule has 16 heavy (non-hydrogen) atoms. The number of aldehydes is 1. The van der Waals surface area contributed by atoms with Crippen molar-refractivity contribution in [3.8, 4) is 5.75 Å². The minimum Gasteiger partial charge on any atom is -0.489 e. The summed E-state index contributed by atoms with van der Waals surface area (Å²) in [6, 6.07) is 5.50. The van der Waals surface area contributed by atoms with E-state index in [2.05, 4.69) is 20.4 Å². The van der Waals surface area contributed by atoms with E-state index < -0.39 is 0 Å². The minimum atomic E-state index is 0.333. The van der Waals surface area contributed by atoms with E-state index in [1.54, 1.807) is 6.07 Å². The van der Waals surface area contributed by atoms with E-state index in [9.17, 15) is 4.79 Å². The number of carbonyl (C=O) groups is 1. The van der Waals surface area contributed by atoms with E-state index in [1.807, 2.05) is 19.1 Å². The molecule has 1 aromatic carbocycles. The van der Waals surface area contributed by atoms with Crippen LogP contribution in [-0.2, 0) is 0 Å². The molecule has 0 aliphatic heterocycles. The fourth-order valence-corrected chi connectivity index (χ4v) is 1.42. The van der Waals surface area contributed by atoms with Crippen molar-refractivity contribution in [1.82, 2.24) is 0 Å². The molecule has 0 bridgehead atoms. The molecule has 0 fully saturated rings. The fourth-order valence-electron chi connectivity index (χ4n) is 1.42. The Morgan fingerprint density at radius 3 is 2.69 bits per heavy atom. The molecule has 0 heterocycles. The van der Waals surface area contributed by atoms with Crippen LogP contribution in [0.4, 0.5) is 0 Å². The topological polar surface area (TPSA) is 26.3 Å². The van der Waals surface area contributed by atoms with Crippen molar-refractivity contribution in [2.24, 2.45) is 0 Å². The highest BCUT2D eigenvalue weighted by Gasteiger charge is 2.08. The van der Waals surface area contributed by atoms with Gasteiger partial charge in [-0.25, -0.2) is 0 Å². The van der Waals surface area contributed by atoms with Crippen LogP contribution in [0.2, 0.25) is 0 Å². The predicted octanol–water partition coefficient (Wildman–Crippen LogP) is 3.58. The molecule has 0 amide bonds. The molecule has 0 saturated heterocycles. The van der Waals surface area contributed by atoms with Crippen LogP contribution in [0.3, 0.4) is 0 Å². The van der Waals surface area contributed by atoms with E-state index in [0.717, 1.165) is 23.2 Å². The lowest BCUT2D eigenvalue weighted by Crippen LogP contribution is -2.02. The normalized spacial score (nSPS) is 10.2. The first-order chi connectivity index (χ1) is 7.54. The Morgan fingerprint density at radius 2 is 2.19 bits per heavy atom. The second-order valence-corrected chi connectivity index (χ2v) is 4.32. The van der Waals surface area contributed by atoms with Gasteiger partial charge in [-0.3, -0.25) is 4.79 Å². The molecule has 0 aliphatic rings. The van der Waals surface area contributed by atoms with Gasteiger partial charge in [0, 0.05) is 5.56 Å². The molecule has 0 aromatic heterocycles. The highest BCUT2D eigenvalue weighted by Crippen LogP contribution is 2.27. The first-order valence-corrected chi connectivity index (χ1v) is 5.41. The lowest BCUT2D eigenvalue weighted by Gasteiger charge is -2.14. The zero-order valence-corrected chi connectivity index (χ0v) is 10.1. The Bertz CT molecular complexity index is 392. The van der Waals surface area contributed by atoms with E-state index in [1.165, 1.54) is 0 Å². The van der Waals surface area contributed by atoms with Crippen molar-refractivity contribution in [3.05, 3.63) is 41.5 Å². The molecule has 0 saturated carbocycles. The van der Waals surface area contributed by atoms with Crippen LogP contribution in [-0.4, -0.2) is 12.9 Å². The van der Waals surface area contributed by atoms with Crippen LogP contribution >= 0.6 is 0 Å². The third kappa shape index (κ3) is 3.23. The Morgan fingerprint density at radius 1 is 1.50 bits per heavy atom. The molecule has 0 aliphatic carbocycles. The molecule has 2 heteroatoms. The summed E-state index contributed by atoms with van der Waals surface area (Å²) in [5, 5.41) is 0. The lowest BCUT2D eigenvalue weighted by molar-refractivity contribution is 0.112. The van der Waals surface area contributed by atoms with Crippen molar-refractivity contribution in [2.45, 2.75) is 26.7 Å². The summed E-state index contributed by atoms with van der Waals surface area (Å²) < 4.78 is 5.64. The maximum Gasteiger partial charge on any atom is 0.150 e. The van der Waals surface area contributed by atoms with Crippen molar-refractivity contribution in [1.29, 1.82) is 0 Å². The highest BCUT2D eigenvalue weighted by atomic mass is 16.5. The first-order valence-electron chi connectivity index (χ1n) is 5.41. The first kappa shape index (κ1) is 12.5. The van der Waals surface area contributed by atoms with Gasteiger partial charge in [0.05, 0.1) is 0 Å². The second kappa shape index (κ2) is 5.50. The standard InChI is InChI=1S/C14H18O2/c1-10(2)9-16-14-6-5-12(8-15)7-13(14)11(3)4/h5-8,11H,1,9H2,2-4H3. The van der Waals surface area contributed by atoms with Crippen LogP contribution in [0, 0.1) is 0 Å². The smallest absolute Gasteiger partial charge is 0.150 e. The largest absolute Gasteiger partial charge is 0.489 e. The number of hydrogen-bond acceptors (Lipinski definition) is 2. The SMILES string of the molecule is C=C(C)COc1ccc(C=O)cc1C(C)C. The van der Waals surface area contributed by atoms with Crippen LogP contribution < -0.4 is 4.74 Å². The third-order valence-electron chi connectivity index (χ3n) is 2.27.